The molecule has 0 bridgehead atoms. The van der Waals surface area contributed by atoms with E-state index in [-0.39, 0.29) is 18.4 Å². The molecule has 0 aliphatic carbocycles. The number of carbonyl (C=O) groups is 2. The van der Waals surface area contributed by atoms with Crippen LogP contribution in [-0.4, -0.2) is 61.1 Å². The fourth-order valence-electron chi connectivity index (χ4n) is 2.79. The van der Waals surface area contributed by atoms with Crippen LogP contribution in [0, 0.1) is 5.92 Å². The third-order valence-corrected chi connectivity index (χ3v) is 3.75. The molecule has 108 valence electrons. The lowest BCUT2D eigenvalue weighted by atomic mass is 9.89. The molecule has 0 amide bonds. The van der Waals surface area contributed by atoms with Crippen LogP contribution >= 0.6 is 0 Å². The lowest BCUT2D eigenvalue weighted by Gasteiger charge is -2.20. The van der Waals surface area contributed by atoms with Gasteiger partial charge in [-0.3, -0.25) is 14.4 Å². The minimum absolute atomic E-state index is 0.172. The van der Waals surface area contributed by atoms with Gasteiger partial charge in [-0.15, -0.1) is 0 Å². The van der Waals surface area contributed by atoms with Gasteiger partial charge in [-0.2, -0.15) is 5.06 Å². The Morgan fingerprint density at radius 2 is 2.11 bits per heavy atom. The number of fused-ring (bicyclic) bond motifs is 1. The summed E-state index contributed by atoms with van der Waals surface area (Å²) in [5.41, 5.74) is 0. The molecule has 7 heteroatoms. The molecule has 2 saturated heterocycles. The van der Waals surface area contributed by atoms with Crippen LogP contribution in [0.15, 0.2) is 0 Å². The summed E-state index contributed by atoms with van der Waals surface area (Å²) in [5.74, 6) is -1.32. The second-order valence-corrected chi connectivity index (χ2v) is 4.79. The van der Waals surface area contributed by atoms with Gasteiger partial charge in [0.2, 0.25) is 0 Å². The van der Waals surface area contributed by atoms with E-state index in [0.29, 0.717) is 19.4 Å². The van der Waals surface area contributed by atoms with Gasteiger partial charge in [-0.25, -0.2) is 0 Å². The largest absolute Gasteiger partial charge is 0.469 e. The summed E-state index contributed by atoms with van der Waals surface area (Å²) in [6.07, 6.45) is 0.0537. The minimum atomic E-state index is -0.604. The van der Waals surface area contributed by atoms with E-state index in [0.717, 1.165) is 0 Å². The third kappa shape index (κ3) is 2.72. The zero-order valence-electron chi connectivity index (χ0n) is 11.1. The van der Waals surface area contributed by atoms with E-state index in [1.54, 1.807) is 5.06 Å². The summed E-state index contributed by atoms with van der Waals surface area (Å²) in [4.78, 5) is 28.7. The maximum atomic E-state index is 11.9. The summed E-state index contributed by atoms with van der Waals surface area (Å²) in [5, 5.41) is 11.6. The van der Waals surface area contributed by atoms with Crippen molar-refractivity contribution in [1.82, 2.24) is 5.06 Å². The molecule has 4 atom stereocenters. The van der Waals surface area contributed by atoms with Crippen LogP contribution in [0.25, 0.3) is 0 Å². The molecular weight excluding hydrogens is 254 g/mol. The van der Waals surface area contributed by atoms with Crippen LogP contribution in [0.2, 0.25) is 0 Å². The van der Waals surface area contributed by atoms with E-state index in [9.17, 15) is 14.7 Å². The van der Waals surface area contributed by atoms with Gasteiger partial charge >= 0.3 is 11.9 Å². The Morgan fingerprint density at radius 3 is 2.74 bits per heavy atom. The minimum Gasteiger partial charge on any atom is -0.469 e. The second-order valence-electron chi connectivity index (χ2n) is 4.79. The quantitative estimate of drug-likeness (QED) is 0.690. The first-order valence-electron chi connectivity index (χ1n) is 6.34. The van der Waals surface area contributed by atoms with E-state index in [1.807, 2.05) is 0 Å². The lowest BCUT2D eigenvalue weighted by molar-refractivity contribution is -0.160. The van der Waals surface area contributed by atoms with Gasteiger partial charge in [0.25, 0.3) is 0 Å². The van der Waals surface area contributed by atoms with E-state index in [2.05, 4.69) is 4.74 Å². The topological polar surface area (TPSA) is 85.3 Å². The number of esters is 2. The molecule has 7 nitrogen and oxygen atoms in total. The SMILES string of the molecule is COC(=O)CC[C@@H]1ON2CC[C@H](O)[C@H]2[C@H]1C(=O)OC. The number of hydroxylamine groups is 2. The number of hydrogen-bond acceptors (Lipinski definition) is 7. The van der Waals surface area contributed by atoms with Crippen LogP contribution < -0.4 is 0 Å². The van der Waals surface area contributed by atoms with Gasteiger partial charge in [-0.05, 0) is 12.8 Å². The van der Waals surface area contributed by atoms with Crippen molar-refractivity contribution in [1.29, 1.82) is 0 Å². The van der Waals surface area contributed by atoms with Crippen LogP contribution in [0.3, 0.4) is 0 Å². The molecule has 0 saturated carbocycles. The smallest absolute Gasteiger partial charge is 0.313 e. The Morgan fingerprint density at radius 1 is 1.37 bits per heavy atom. The van der Waals surface area contributed by atoms with Gasteiger partial charge in [0.1, 0.15) is 5.92 Å². The molecule has 0 aromatic rings. The van der Waals surface area contributed by atoms with E-state index >= 15 is 0 Å². The molecule has 2 heterocycles. The second kappa shape index (κ2) is 5.85. The molecule has 0 aromatic heterocycles. The molecule has 0 spiro atoms. The first-order chi connectivity index (χ1) is 9.08. The number of aliphatic hydroxyl groups excluding tert-OH is 1. The maximum absolute atomic E-state index is 11.9. The monoisotopic (exact) mass is 273 g/mol. The molecule has 2 rings (SSSR count). The lowest BCUT2D eigenvalue weighted by Crippen LogP contribution is -2.40. The Balaban J connectivity index is 2.06. The highest BCUT2D eigenvalue weighted by Crippen LogP contribution is 2.37. The fourth-order valence-corrected chi connectivity index (χ4v) is 2.79. The molecule has 2 aliphatic rings. The summed E-state index contributed by atoms with van der Waals surface area (Å²) in [7, 11) is 2.63. The van der Waals surface area contributed by atoms with Gasteiger partial charge < -0.3 is 14.6 Å². The summed E-state index contributed by atoms with van der Waals surface area (Å²) in [6.45, 7) is 0.577. The molecule has 0 unspecified atom stereocenters. The number of hydrogen-bond donors (Lipinski definition) is 1. The van der Waals surface area contributed by atoms with Crippen molar-refractivity contribution in [3.8, 4) is 0 Å². The van der Waals surface area contributed by atoms with Crippen molar-refractivity contribution in [2.45, 2.75) is 37.5 Å². The number of aliphatic hydroxyl groups is 1. The average Bonchev–Trinajstić information content (AvgIpc) is 2.95. The third-order valence-electron chi connectivity index (χ3n) is 3.75. The Hall–Kier alpha value is -1.18. The van der Waals surface area contributed by atoms with Crippen molar-refractivity contribution in [2.75, 3.05) is 20.8 Å². The van der Waals surface area contributed by atoms with Crippen molar-refractivity contribution in [3.63, 3.8) is 0 Å². The van der Waals surface area contributed by atoms with Crippen LogP contribution in [-0.2, 0) is 23.9 Å². The van der Waals surface area contributed by atoms with Crippen molar-refractivity contribution in [2.24, 2.45) is 5.92 Å². The van der Waals surface area contributed by atoms with Crippen LogP contribution in [0.4, 0.5) is 0 Å². The summed E-state index contributed by atoms with van der Waals surface area (Å²) >= 11 is 0. The van der Waals surface area contributed by atoms with E-state index < -0.39 is 24.1 Å². The predicted molar refractivity (Wildman–Crippen MR) is 62.7 cm³/mol. The molecule has 1 N–H and O–H groups in total. The molecule has 19 heavy (non-hydrogen) atoms. The van der Waals surface area contributed by atoms with Crippen molar-refractivity contribution < 1.29 is 29.0 Å². The highest BCUT2D eigenvalue weighted by molar-refractivity contribution is 5.75. The van der Waals surface area contributed by atoms with Gasteiger partial charge in [0, 0.05) is 13.0 Å². The zero-order valence-corrected chi connectivity index (χ0v) is 11.1. The molecule has 2 fully saturated rings. The standard InChI is InChI=1S/C12H19NO6/c1-17-9(15)4-3-8-10(12(16)18-2)11-7(14)5-6-13(11)19-8/h7-8,10-11,14H,3-6H2,1-2H3/t7-,8-,10-,11-/m0/s1. The Bertz CT molecular complexity index is 360. The van der Waals surface area contributed by atoms with E-state index in [4.69, 9.17) is 9.57 Å². The molecule has 2 aliphatic heterocycles. The Kier molecular flexibility index (Phi) is 4.38. The van der Waals surface area contributed by atoms with Crippen molar-refractivity contribution in [3.05, 3.63) is 0 Å². The van der Waals surface area contributed by atoms with Crippen LogP contribution in [0.1, 0.15) is 19.3 Å². The predicted octanol–water partition coefficient (Wildman–Crippen LogP) is -0.522. The fraction of sp³-hybridized carbons (Fsp3) is 0.833. The average molecular weight is 273 g/mol. The van der Waals surface area contributed by atoms with E-state index in [1.165, 1.54) is 14.2 Å². The van der Waals surface area contributed by atoms with Gasteiger partial charge in [0.15, 0.2) is 0 Å². The number of carbonyl (C=O) groups excluding carboxylic acids is 2. The van der Waals surface area contributed by atoms with Crippen molar-refractivity contribution >= 4 is 11.9 Å². The number of rotatable bonds is 4. The Labute approximate surface area is 111 Å². The summed E-state index contributed by atoms with van der Waals surface area (Å²) in [6, 6.07) is -0.380. The van der Waals surface area contributed by atoms with Gasteiger partial charge in [0.05, 0.1) is 32.5 Å². The van der Waals surface area contributed by atoms with Gasteiger partial charge in [-0.1, -0.05) is 0 Å². The first-order valence-corrected chi connectivity index (χ1v) is 6.34. The highest BCUT2D eigenvalue weighted by Gasteiger charge is 2.53. The molecule has 0 aromatic carbocycles. The normalized spacial score (nSPS) is 34.1. The first kappa shape index (κ1) is 14.2. The maximum Gasteiger partial charge on any atom is 0.313 e. The number of methoxy groups -OCH3 is 2. The molecular formula is C12H19NO6. The number of nitrogens with zero attached hydrogens (tertiary/aromatic N) is 1. The number of ether oxygens (including phenoxy) is 2. The summed E-state index contributed by atoms with van der Waals surface area (Å²) < 4.78 is 9.35. The highest BCUT2D eigenvalue weighted by atomic mass is 16.7. The molecule has 0 radical (unpaired) electrons. The van der Waals surface area contributed by atoms with Crippen LogP contribution in [0.5, 0.6) is 0 Å². The zero-order chi connectivity index (χ0) is 14.0.